The Hall–Kier alpha value is -0.960. The lowest BCUT2D eigenvalue weighted by molar-refractivity contribution is 0.129. The van der Waals surface area contributed by atoms with Crippen LogP contribution in [0, 0.1) is 0 Å². The molecule has 0 spiro atoms. The van der Waals surface area contributed by atoms with E-state index in [0.29, 0.717) is 43.9 Å². The highest BCUT2D eigenvalue weighted by Gasteiger charge is 2.33. The molecule has 23 heavy (non-hydrogen) atoms. The number of hydrogen-bond donors (Lipinski definition) is 0. The fraction of sp³-hybridized carbons (Fsp3) is 0.600. The third-order valence-electron chi connectivity index (χ3n) is 4.69. The molecule has 1 aromatic rings. The summed E-state index contributed by atoms with van der Waals surface area (Å²) in [6.07, 6.45) is 1.32. The van der Waals surface area contributed by atoms with E-state index in [1.165, 1.54) is 4.31 Å². The highest BCUT2D eigenvalue weighted by molar-refractivity contribution is 7.91. The second kappa shape index (κ2) is 6.51. The second-order valence-electron chi connectivity index (χ2n) is 6.14. The van der Waals surface area contributed by atoms with Gasteiger partial charge in [0, 0.05) is 32.2 Å². The Morgan fingerprint density at radius 2 is 1.48 bits per heavy atom. The van der Waals surface area contributed by atoms with Crippen molar-refractivity contribution in [1.82, 2.24) is 9.21 Å². The Labute approximate surface area is 138 Å². The molecule has 128 valence electrons. The molecular weight excluding hydrogens is 336 g/mol. The van der Waals surface area contributed by atoms with E-state index in [4.69, 9.17) is 0 Å². The monoisotopic (exact) mass is 358 g/mol. The average molecular weight is 358 g/mol. The molecule has 0 aromatic heterocycles. The van der Waals surface area contributed by atoms with Gasteiger partial charge in [-0.15, -0.1) is 0 Å². The van der Waals surface area contributed by atoms with Gasteiger partial charge in [-0.1, -0.05) is 18.2 Å². The molecule has 0 amide bonds. The molecule has 0 N–H and O–H groups in total. The molecule has 3 rings (SSSR count). The van der Waals surface area contributed by atoms with Crippen molar-refractivity contribution in [3.8, 4) is 0 Å². The number of sulfone groups is 1. The average Bonchev–Trinajstić information content (AvgIpc) is 2.56. The third kappa shape index (κ3) is 3.76. The number of rotatable bonds is 3. The molecule has 0 saturated carbocycles. The molecule has 2 fully saturated rings. The van der Waals surface area contributed by atoms with E-state index in [9.17, 15) is 16.8 Å². The SMILES string of the molecule is O=S1(=O)CCC(N2CCN(S(=O)(=O)c3ccccc3)CC2)CC1. The van der Waals surface area contributed by atoms with Crippen molar-refractivity contribution < 1.29 is 16.8 Å². The van der Waals surface area contributed by atoms with Gasteiger partial charge in [0.15, 0.2) is 0 Å². The summed E-state index contributed by atoms with van der Waals surface area (Å²) in [5.41, 5.74) is 0. The highest BCUT2D eigenvalue weighted by Crippen LogP contribution is 2.22. The van der Waals surface area contributed by atoms with Gasteiger partial charge in [0.1, 0.15) is 9.84 Å². The van der Waals surface area contributed by atoms with Gasteiger partial charge in [0.2, 0.25) is 10.0 Å². The van der Waals surface area contributed by atoms with Gasteiger partial charge in [-0.3, -0.25) is 4.90 Å². The van der Waals surface area contributed by atoms with Crippen molar-refractivity contribution in [3.05, 3.63) is 30.3 Å². The summed E-state index contributed by atoms with van der Waals surface area (Å²) in [6, 6.07) is 8.76. The van der Waals surface area contributed by atoms with Gasteiger partial charge < -0.3 is 0 Å². The normalized spacial score (nSPS) is 24.5. The van der Waals surface area contributed by atoms with Crippen LogP contribution < -0.4 is 0 Å². The molecule has 0 unspecified atom stereocenters. The first-order chi connectivity index (χ1) is 10.9. The molecule has 0 radical (unpaired) electrons. The number of benzene rings is 1. The zero-order valence-corrected chi connectivity index (χ0v) is 14.6. The lowest BCUT2D eigenvalue weighted by Gasteiger charge is -2.40. The fourth-order valence-electron chi connectivity index (χ4n) is 3.29. The van der Waals surface area contributed by atoms with Crippen LogP contribution in [0.2, 0.25) is 0 Å². The smallest absolute Gasteiger partial charge is 0.243 e. The summed E-state index contributed by atoms with van der Waals surface area (Å²) >= 11 is 0. The van der Waals surface area contributed by atoms with Crippen LogP contribution in [0.5, 0.6) is 0 Å². The van der Waals surface area contributed by atoms with E-state index < -0.39 is 19.9 Å². The summed E-state index contributed by atoms with van der Waals surface area (Å²) in [4.78, 5) is 2.57. The van der Waals surface area contributed by atoms with Gasteiger partial charge in [-0.05, 0) is 25.0 Å². The number of sulfonamides is 1. The summed E-state index contributed by atoms with van der Waals surface area (Å²) < 4.78 is 49.7. The fourth-order valence-corrected chi connectivity index (χ4v) is 6.20. The van der Waals surface area contributed by atoms with Crippen molar-refractivity contribution >= 4 is 19.9 Å². The molecule has 8 heteroatoms. The van der Waals surface area contributed by atoms with E-state index in [-0.39, 0.29) is 17.5 Å². The summed E-state index contributed by atoms with van der Waals surface area (Å²) in [7, 11) is -6.28. The van der Waals surface area contributed by atoms with E-state index >= 15 is 0 Å². The topological polar surface area (TPSA) is 74.8 Å². The zero-order valence-electron chi connectivity index (χ0n) is 13.0. The van der Waals surface area contributed by atoms with Crippen molar-refractivity contribution in [3.63, 3.8) is 0 Å². The summed E-state index contributed by atoms with van der Waals surface area (Å²) in [5, 5.41) is 0. The Morgan fingerprint density at radius 1 is 0.913 bits per heavy atom. The van der Waals surface area contributed by atoms with Crippen LogP contribution in [-0.4, -0.2) is 69.8 Å². The van der Waals surface area contributed by atoms with Gasteiger partial charge in [0.25, 0.3) is 0 Å². The molecular formula is C15H22N2O4S2. The Kier molecular flexibility index (Phi) is 4.78. The van der Waals surface area contributed by atoms with E-state index in [1.807, 2.05) is 0 Å². The Balaban J connectivity index is 1.61. The van der Waals surface area contributed by atoms with Crippen LogP contribution in [0.1, 0.15) is 12.8 Å². The maximum atomic E-state index is 12.6. The largest absolute Gasteiger partial charge is 0.298 e. The van der Waals surface area contributed by atoms with Crippen molar-refractivity contribution in [2.75, 3.05) is 37.7 Å². The molecule has 2 heterocycles. The number of nitrogens with zero attached hydrogens (tertiary/aromatic N) is 2. The van der Waals surface area contributed by atoms with Crippen molar-refractivity contribution in [2.24, 2.45) is 0 Å². The van der Waals surface area contributed by atoms with Crippen LogP contribution in [0.25, 0.3) is 0 Å². The minimum atomic E-state index is -3.42. The van der Waals surface area contributed by atoms with Crippen molar-refractivity contribution in [1.29, 1.82) is 0 Å². The van der Waals surface area contributed by atoms with Crippen LogP contribution >= 0.6 is 0 Å². The Bertz CT molecular complexity index is 725. The third-order valence-corrected chi connectivity index (χ3v) is 8.32. The molecule has 0 aliphatic carbocycles. The minimum absolute atomic E-state index is 0.250. The first kappa shape index (κ1) is 16.9. The zero-order chi connectivity index (χ0) is 16.5. The minimum Gasteiger partial charge on any atom is -0.298 e. The first-order valence-electron chi connectivity index (χ1n) is 7.88. The number of hydrogen-bond acceptors (Lipinski definition) is 5. The standard InChI is InChI=1S/C15H22N2O4S2/c18-22(19)12-6-14(7-13-22)16-8-10-17(11-9-16)23(20,21)15-4-2-1-3-5-15/h1-5,14H,6-13H2. The van der Waals surface area contributed by atoms with Gasteiger partial charge >= 0.3 is 0 Å². The molecule has 2 saturated heterocycles. The second-order valence-corrected chi connectivity index (χ2v) is 10.4. The highest BCUT2D eigenvalue weighted by atomic mass is 32.2. The molecule has 0 atom stereocenters. The molecule has 2 aliphatic rings. The van der Waals surface area contributed by atoms with Gasteiger partial charge in [-0.25, -0.2) is 16.8 Å². The summed E-state index contributed by atoms with van der Waals surface area (Å²) in [6.45, 7) is 2.24. The maximum Gasteiger partial charge on any atom is 0.243 e. The predicted octanol–water partition coefficient (Wildman–Crippen LogP) is 0.570. The van der Waals surface area contributed by atoms with Crippen molar-refractivity contribution in [2.45, 2.75) is 23.8 Å². The van der Waals surface area contributed by atoms with Crippen LogP contribution in [-0.2, 0) is 19.9 Å². The van der Waals surface area contributed by atoms with E-state index in [1.54, 1.807) is 30.3 Å². The van der Waals surface area contributed by atoms with E-state index in [2.05, 4.69) is 4.90 Å². The quantitative estimate of drug-likeness (QED) is 0.790. The van der Waals surface area contributed by atoms with Crippen LogP contribution in [0.15, 0.2) is 35.2 Å². The number of piperazine rings is 1. The van der Waals surface area contributed by atoms with Crippen LogP contribution in [0.4, 0.5) is 0 Å². The van der Waals surface area contributed by atoms with Gasteiger partial charge in [-0.2, -0.15) is 4.31 Å². The lowest BCUT2D eigenvalue weighted by atomic mass is 10.1. The molecule has 2 aliphatic heterocycles. The van der Waals surface area contributed by atoms with E-state index in [0.717, 1.165) is 0 Å². The molecule has 0 bridgehead atoms. The maximum absolute atomic E-state index is 12.6. The van der Waals surface area contributed by atoms with Crippen LogP contribution in [0.3, 0.4) is 0 Å². The lowest BCUT2D eigenvalue weighted by Crippen LogP contribution is -2.53. The molecule has 6 nitrogen and oxygen atoms in total. The predicted molar refractivity (Wildman–Crippen MR) is 88.4 cm³/mol. The Morgan fingerprint density at radius 3 is 2.04 bits per heavy atom. The first-order valence-corrected chi connectivity index (χ1v) is 11.1. The van der Waals surface area contributed by atoms with Gasteiger partial charge in [0.05, 0.1) is 16.4 Å². The molecule has 1 aromatic carbocycles. The summed E-state index contributed by atoms with van der Waals surface area (Å²) in [5.74, 6) is 0.500.